The highest BCUT2D eigenvalue weighted by Crippen LogP contribution is 2.37. The number of ketones is 2. The van der Waals surface area contributed by atoms with Gasteiger partial charge in [-0.15, -0.1) is 0 Å². The van der Waals surface area contributed by atoms with E-state index in [2.05, 4.69) is 134 Å². The minimum Gasteiger partial charge on any atom is -0.744 e. The predicted octanol–water partition coefficient (Wildman–Crippen LogP) is 14.7. The summed E-state index contributed by atoms with van der Waals surface area (Å²) in [4.78, 5) is 58.9. The zero-order valence-corrected chi connectivity index (χ0v) is 95.4. The molecule has 20 nitrogen and oxygen atoms in total. The standard InChI is InChI=1S/C16H14IO4.C16H10O3S.C14H14I.C14H8O5S.C13H28.C12H6Cl4I.C12H8I.C11H14O5S.C6H6O3S/c1-20-15(18)11-5-3-7-13(9-11)17-14-8-4-6-12(10-14)16(19)21-2;17-20(18,19)14-8-12-6-4-10-2-1-3-11-5-7-13(9-14)16(12)15(10)11;1-11-3-7-13(8-4-11)15-14-9-5-12(2)6-10-14;15-13-9-3-1-2-4-10(9)14(16)12-7-8(20(17,18)19)5-6-11(12)13;1-3-5-7-9-11-13-12-10-8-6-4-2;13-7-1-3-11(9(15)5-7)17-12-4-2-8(14)6-10(12)16;1-3-7-11-9(5-1)10-6-2-4-8-12(10)13-11;1-2-3-8-14-11(12)9-6-4-5-7-10(9)17-16-15-13;7-10(8,9)6-4-2-1-3-5-6/h3-10H,1-2H3;1-9H,(H,17,18,19);3-10H,1-2H3;1-7H,(H,17,18,19);3-13H2,1-2H3;1-6H;1-8H;4-7,13H,2-3,8H2,1H3;1-5H,(H,7,8,9)/q+1;;+1;;;2*+1;;/p-4. The van der Waals surface area contributed by atoms with Crippen LogP contribution < -0.4 is 90.1 Å². The average Bonchev–Trinajstić information content (AvgIpc) is 1.02. The summed E-state index contributed by atoms with van der Waals surface area (Å²) in [5, 5.41) is 21.5. The second-order valence-electron chi connectivity index (χ2n) is 32.5. The summed E-state index contributed by atoms with van der Waals surface area (Å²) in [5.74, 6) is -1.94. The van der Waals surface area contributed by atoms with E-state index in [1.54, 1.807) is 73.9 Å². The number of aryl methyl sites for hydroxylation is 2. The summed E-state index contributed by atoms with van der Waals surface area (Å²) in [6, 6.07) is 101. The second kappa shape index (κ2) is 60.3. The minimum atomic E-state index is -4.67. The number of carbonyl (C=O) groups is 5. The van der Waals surface area contributed by atoms with E-state index in [0.29, 0.717) is 60.3 Å². The molecule has 16 aromatic rings. The Kier molecular flexibility index (Phi) is 48.8. The van der Waals surface area contributed by atoms with Gasteiger partial charge in [-0.3, -0.25) is 14.6 Å². The lowest BCUT2D eigenvalue weighted by molar-refractivity contribution is -0.777. The number of esters is 3. The maximum Gasteiger partial charge on any atom is 0.361 e. The normalized spacial score (nSPS) is 11.4. The Bertz CT molecular complexity index is 7190. The van der Waals surface area contributed by atoms with Crippen LogP contribution in [0, 0.1) is 42.4 Å². The molecule has 146 heavy (non-hydrogen) atoms. The average molecular weight is 2570 g/mol. The van der Waals surface area contributed by atoms with Gasteiger partial charge in [-0.05, 0) is 216 Å². The van der Waals surface area contributed by atoms with Crippen LogP contribution in [0.15, 0.2) is 353 Å². The molecule has 0 unspecified atom stereocenters. The summed E-state index contributed by atoms with van der Waals surface area (Å²) < 4.78 is 127. The lowest BCUT2D eigenvalue weighted by Gasteiger charge is -2.18. The van der Waals surface area contributed by atoms with Crippen molar-refractivity contribution in [3.8, 4) is 11.1 Å². The van der Waals surface area contributed by atoms with E-state index in [1.165, 1.54) is 169 Å². The van der Waals surface area contributed by atoms with Crippen molar-refractivity contribution in [2.45, 2.75) is 138 Å². The maximum absolute atomic E-state index is 12.3. The molecule has 2 aliphatic rings. The molecule has 0 saturated carbocycles. The van der Waals surface area contributed by atoms with Gasteiger partial charge in [0.15, 0.2) is 25.8 Å². The van der Waals surface area contributed by atoms with Crippen LogP contribution in [0.25, 0.3) is 43.4 Å². The lowest BCUT2D eigenvalue weighted by Crippen LogP contribution is -3.61. The highest BCUT2D eigenvalue weighted by molar-refractivity contribution is 7.94. The summed E-state index contributed by atoms with van der Waals surface area (Å²) in [6.07, 6.45) is 17.7. The SMILES string of the molecule is CCCCCCCCCCCCC.CCCCOC(=O)c1ccccc1SOO[O-].COC(=O)c1cccc([I+]c2cccc(C(=O)OC)c2)c1.Cc1ccc([I+]c2ccc(C)cc2)cc1.Clc1ccc([I+]c2ccc(Cl)cc2Cl)c(Cl)c1.O=C1c2ccccc2C(=O)c2cc(S(=O)(=O)[O-])ccc21.O=S(=O)([O-])c1cc2ccc3cccc4ccc(c1)c2c34.O=S(=O)([O-])c1ccccc1.c1ccc2c(c1)[I+]c1ccccc1-2. The smallest absolute Gasteiger partial charge is 0.361 e. The van der Waals surface area contributed by atoms with E-state index in [4.69, 9.17) is 60.6 Å². The molecule has 0 amide bonds. The molecule has 32 heteroatoms. The Morgan fingerprint density at radius 1 is 0.349 bits per heavy atom. The largest absolute Gasteiger partial charge is 0.744 e. The summed E-state index contributed by atoms with van der Waals surface area (Å²) in [6.45, 7) is 11.2. The van der Waals surface area contributed by atoms with Gasteiger partial charge in [-0.2, -0.15) is 4.33 Å². The fourth-order valence-electron chi connectivity index (χ4n) is 14.4. The number of hydrogen-bond acceptors (Lipinski definition) is 21. The van der Waals surface area contributed by atoms with Crippen LogP contribution in [0.2, 0.25) is 20.1 Å². The van der Waals surface area contributed by atoms with Gasteiger partial charge >= 0.3 is 103 Å². The summed E-state index contributed by atoms with van der Waals surface area (Å²) in [7, 11) is -10.6. The molecule has 0 N–H and O–H groups in total. The number of benzene rings is 16. The van der Waals surface area contributed by atoms with Crippen molar-refractivity contribution in [3.05, 3.63) is 432 Å². The summed E-state index contributed by atoms with van der Waals surface area (Å²) >= 11 is 23.9. The first-order chi connectivity index (χ1) is 70.1. The number of methoxy groups -OCH3 is 2. The molecule has 0 radical (unpaired) electrons. The quantitative estimate of drug-likeness (QED) is 0.00420. The molecule has 0 atom stereocenters. The van der Waals surface area contributed by atoms with E-state index in [9.17, 15) is 68.1 Å². The van der Waals surface area contributed by atoms with Gasteiger partial charge in [0.05, 0.1) is 79.2 Å². The van der Waals surface area contributed by atoms with E-state index in [1.807, 2.05) is 110 Å². The first kappa shape index (κ1) is 118. The van der Waals surface area contributed by atoms with E-state index >= 15 is 0 Å². The van der Waals surface area contributed by atoms with Crippen LogP contribution in [0.4, 0.5) is 0 Å². The molecule has 1 aliphatic carbocycles. The van der Waals surface area contributed by atoms with Gasteiger partial charge < -0.3 is 33.1 Å². The molecule has 0 bridgehead atoms. The molecule has 16 aromatic carbocycles. The van der Waals surface area contributed by atoms with Crippen molar-refractivity contribution < 1.29 is 177 Å². The highest BCUT2D eigenvalue weighted by atomic mass is 127. The monoisotopic (exact) mass is 2570 g/mol. The van der Waals surface area contributed by atoms with E-state index in [-0.39, 0.29) is 92.2 Å². The molecular weight excluding hydrogens is 2470 g/mol. The topological polar surface area (TPSA) is 326 Å². The van der Waals surface area contributed by atoms with Crippen molar-refractivity contribution in [1.29, 1.82) is 0 Å². The molecular formula is C114H104Cl4I4O20S4. The van der Waals surface area contributed by atoms with Gasteiger partial charge in [-0.1, -0.05) is 313 Å². The van der Waals surface area contributed by atoms with Crippen molar-refractivity contribution in [3.63, 3.8) is 0 Å². The van der Waals surface area contributed by atoms with Crippen molar-refractivity contribution >= 4 is 151 Å². The zero-order valence-electron chi connectivity index (χ0n) is 80.5. The second-order valence-corrected chi connectivity index (χ2v) is 50.8. The van der Waals surface area contributed by atoms with E-state index < -0.39 is 89.4 Å². The predicted molar refractivity (Wildman–Crippen MR) is 554 cm³/mol. The number of halogens is 8. The molecule has 1 heterocycles. The fraction of sp³-hybridized carbons (Fsp3) is 0.184. The number of carbonyl (C=O) groups excluding carboxylic acids is 5. The molecule has 760 valence electrons. The number of ether oxygens (including phenoxy) is 3. The Labute approximate surface area is 919 Å². The van der Waals surface area contributed by atoms with Gasteiger partial charge in [0, 0.05) is 55.6 Å². The Morgan fingerprint density at radius 2 is 0.747 bits per heavy atom. The first-order valence-corrected chi connectivity index (χ1v) is 61.2. The number of fused-ring (bicyclic) bond motifs is 5. The van der Waals surface area contributed by atoms with Crippen molar-refractivity contribution in [1.82, 2.24) is 0 Å². The third-order valence-electron chi connectivity index (χ3n) is 21.8. The van der Waals surface area contributed by atoms with Crippen molar-refractivity contribution in [2.75, 3.05) is 20.8 Å². The van der Waals surface area contributed by atoms with Crippen LogP contribution in [0.5, 0.6) is 0 Å². The van der Waals surface area contributed by atoms with Crippen LogP contribution in [0.1, 0.15) is 178 Å². The Balaban J connectivity index is 0.000000170. The highest BCUT2D eigenvalue weighted by Gasteiger charge is 2.33. The Hall–Kier alpha value is -9.65. The Morgan fingerprint density at radius 3 is 1.18 bits per heavy atom. The molecule has 18 rings (SSSR count). The lowest BCUT2D eigenvalue weighted by atomic mass is 9.84. The van der Waals surface area contributed by atoms with Crippen LogP contribution in [-0.4, -0.2) is 89.2 Å². The minimum absolute atomic E-state index is 0.00313. The number of unbranched alkanes of at least 4 members (excludes halogenated alkanes) is 11. The van der Waals surface area contributed by atoms with Gasteiger partial charge in [0.2, 0.25) is 14.3 Å². The summed E-state index contributed by atoms with van der Waals surface area (Å²) in [5.41, 5.74) is 7.60. The van der Waals surface area contributed by atoms with Crippen molar-refractivity contribution in [2.24, 2.45) is 0 Å². The molecule has 0 aromatic heterocycles. The van der Waals surface area contributed by atoms with Crippen LogP contribution in [-0.2, 0) is 53.9 Å². The van der Waals surface area contributed by atoms with Crippen LogP contribution >= 0.6 is 58.4 Å². The van der Waals surface area contributed by atoms with Crippen LogP contribution in [0.3, 0.4) is 0 Å². The molecule has 0 spiro atoms. The third kappa shape index (κ3) is 36.9. The molecule has 0 saturated heterocycles. The number of rotatable bonds is 28. The third-order valence-corrected chi connectivity index (χ3v) is 38.0. The maximum atomic E-state index is 12.3. The molecule has 0 fully saturated rings. The van der Waals surface area contributed by atoms with Gasteiger partial charge in [-0.25, -0.2) is 39.6 Å². The number of hydrogen-bond donors (Lipinski definition) is 0. The molecule has 1 aliphatic heterocycles. The van der Waals surface area contributed by atoms with Gasteiger partial charge in [0.25, 0.3) is 0 Å². The van der Waals surface area contributed by atoms with E-state index in [0.717, 1.165) is 71.6 Å². The zero-order chi connectivity index (χ0) is 105. The first-order valence-electron chi connectivity index (χ1n) is 46.1. The van der Waals surface area contributed by atoms with Gasteiger partial charge in [0.1, 0.15) is 30.4 Å². The fourth-order valence-corrected chi connectivity index (χ4v) is 27.5.